The fourth-order valence-electron chi connectivity index (χ4n) is 2.99. The molecule has 1 aliphatic heterocycles. The third-order valence-corrected chi connectivity index (χ3v) is 7.31. The van der Waals surface area contributed by atoms with E-state index in [1.54, 1.807) is 18.3 Å². The number of thiophene rings is 1. The topological polar surface area (TPSA) is 62.3 Å². The zero-order valence-electron chi connectivity index (χ0n) is 13.4. The molecule has 5 nitrogen and oxygen atoms in total. The number of aromatic nitrogens is 1. The minimum absolute atomic E-state index is 0.193. The van der Waals surface area contributed by atoms with Crippen LogP contribution in [0.4, 0.5) is 11.5 Å². The van der Waals surface area contributed by atoms with Crippen molar-refractivity contribution in [3.63, 3.8) is 0 Å². The normalized spacial score (nSPS) is 18.6. The van der Waals surface area contributed by atoms with E-state index in [0.717, 1.165) is 30.1 Å². The van der Waals surface area contributed by atoms with Gasteiger partial charge in [-0.15, -0.1) is 11.3 Å². The molecule has 0 aliphatic carbocycles. The molecule has 1 saturated heterocycles. The number of piperidine rings is 1. The SMILES string of the molecule is CCC1CCCCN1c1ccc(NS(=O)(=O)c2ccc(Cl)s2)cn1. The number of nitrogens with zero attached hydrogens (tertiary/aromatic N) is 2. The van der Waals surface area contributed by atoms with Crippen molar-refractivity contribution in [2.75, 3.05) is 16.2 Å². The first-order valence-electron chi connectivity index (χ1n) is 8.00. The molecule has 130 valence electrons. The predicted molar refractivity (Wildman–Crippen MR) is 99.7 cm³/mol. The third-order valence-electron chi connectivity index (χ3n) is 4.21. The van der Waals surface area contributed by atoms with Crippen molar-refractivity contribution in [3.8, 4) is 0 Å². The van der Waals surface area contributed by atoms with Gasteiger partial charge in [-0.1, -0.05) is 18.5 Å². The molecule has 2 aromatic rings. The first kappa shape index (κ1) is 17.5. The Labute approximate surface area is 151 Å². The molecule has 2 aromatic heterocycles. The van der Waals surface area contributed by atoms with E-state index in [1.165, 1.54) is 25.3 Å². The zero-order chi connectivity index (χ0) is 17.2. The molecule has 1 unspecified atom stereocenters. The first-order valence-corrected chi connectivity index (χ1v) is 10.7. The van der Waals surface area contributed by atoms with Crippen LogP contribution in [0, 0.1) is 0 Å². The van der Waals surface area contributed by atoms with Crippen LogP contribution in [-0.2, 0) is 10.0 Å². The molecular weight excluding hydrogens is 366 g/mol. The minimum Gasteiger partial charge on any atom is -0.354 e. The lowest BCUT2D eigenvalue weighted by atomic mass is 10.00. The number of hydrogen-bond acceptors (Lipinski definition) is 5. The Bertz CT molecular complexity index is 790. The second-order valence-corrected chi connectivity index (χ2v) is 9.44. The maximum Gasteiger partial charge on any atom is 0.271 e. The third kappa shape index (κ3) is 3.84. The van der Waals surface area contributed by atoms with Crippen molar-refractivity contribution in [2.24, 2.45) is 0 Å². The van der Waals surface area contributed by atoms with E-state index in [0.29, 0.717) is 16.1 Å². The molecule has 1 aliphatic rings. The lowest BCUT2D eigenvalue weighted by Crippen LogP contribution is -2.39. The van der Waals surface area contributed by atoms with Crippen molar-refractivity contribution in [2.45, 2.75) is 42.9 Å². The Morgan fingerprint density at radius 2 is 2.17 bits per heavy atom. The molecule has 3 rings (SSSR count). The van der Waals surface area contributed by atoms with Gasteiger partial charge < -0.3 is 4.90 Å². The van der Waals surface area contributed by atoms with Crippen LogP contribution in [0.2, 0.25) is 4.34 Å². The summed E-state index contributed by atoms with van der Waals surface area (Å²) in [5.74, 6) is 0.906. The molecule has 0 saturated carbocycles. The van der Waals surface area contributed by atoms with Gasteiger partial charge in [-0.3, -0.25) is 4.72 Å². The highest BCUT2D eigenvalue weighted by Crippen LogP contribution is 2.28. The number of nitrogens with one attached hydrogen (secondary N) is 1. The monoisotopic (exact) mass is 385 g/mol. The Balaban J connectivity index is 1.75. The van der Waals surface area contributed by atoms with Gasteiger partial charge in [0.1, 0.15) is 10.0 Å². The number of pyridine rings is 1. The highest BCUT2D eigenvalue weighted by Gasteiger charge is 2.22. The molecule has 3 heterocycles. The van der Waals surface area contributed by atoms with Crippen molar-refractivity contribution in [1.29, 1.82) is 0 Å². The van der Waals surface area contributed by atoms with Gasteiger partial charge >= 0.3 is 0 Å². The highest BCUT2D eigenvalue weighted by molar-refractivity contribution is 7.94. The highest BCUT2D eigenvalue weighted by atomic mass is 35.5. The number of anilines is 2. The summed E-state index contributed by atoms with van der Waals surface area (Å²) >= 11 is 6.84. The van der Waals surface area contributed by atoms with Crippen molar-refractivity contribution >= 4 is 44.5 Å². The van der Waals surface area contributed by atoms with E-state index in [9.17, 15) is 8.42 Å². The molecule has 0 radical (unpaired) electrons. The first-order chi connectivity index (χ1) is 11.5. The molecule has 1 atom stereocenters. The summed E-state index contributed by atoms with van der Waals surface area (Å²) in [4.78, 5) is 6.78. The number of hydrogen-bond donors (Lipinski definition) is 1. The summed E-state index contributed by atoms with van der Waals surface area (Å²) in [5.41, 5.74) is 0.452. The number of rotatable bonds is 5. The summed E-state index contributed by atoms with van der Waals surface area (Å²) < 4.78 is 27.8. The molecule has 1 fully saturated rings. The van der Waals surface area contributed by atoms with E-state index in [-0.39, 0.29) is 4.21 Å². The average Bonchev–Trinajstić information content (AvgIpc) is 3.03. The minimum atomic E-state index is -3.62. The molecule has 24 heavy (non-hydrogen) atoms. The quantitative estimate of drug-likeness (QED) is 0.830. The summed E-state index contributed by atoms with van der Waals surface area (Å²) in [6.45, 7) is 3.20. The molecular formula is C16H20ClN3O2S2. The Morgan fingerprint density at radius 1 is 1.33 bits per heavy atom. The van der Waals surface area contributed by atoms with E-state index < -0.39 is 10.0 Å². The van der Waals surface area contributed by atoms with Crippen LogP contribution in [0.25, 0.3) is 0 Å². The molecule has 0 amide bonds. The van der Waals surface area contributed by atoms with Crippen molar-refractivity contribution in [1.82, 2.24) is 4.98 Å². The van der Waals surface area contributed by atoms with Gasteiger partial charge in [0.2, 0.25) is 0 Å². The van der Waals surface area contributed by atoms with Crippen molar-refractivity contribution < 1.29 is 8.42 Å². The smallest absolute Gasteiger partial charge is 0.271 e. The molecule has 0 aromatic carbocycles. The van der Waals surface area contributed by atoms with Gasteiger partial charge in [-0.25, -0.2) is 13.4 Å². The Hall–Kier alpha value is -1.31. The zero-order valence-corrected chi connectivity index (χ0v) is 15.8. The molecule has 0 spiro atoms. The summed E-state index contributed by atoms with van der Waals surface area (Å²) in [6.07, 6.45) is 6.28. The number of halogens is 1. The van der Waals surface area contributed by atoms with Crippen LogP contribution < -0.4 is 9.62 Å². The van der Waals surface area contributed by atoms with Gasteiger partial charge in [0.25, 0.3) is 10.0 Å². The molecule has 8 heteroatoms. The number of sulfonamides is 1. The lowest BCUT2D eigenvalue weighted by Gasteiger charge is -2.36. The maximum atomic E-state index is 12.3. The van der Waals surface area contributed by atoms with E-state index >= 15 is 0 Å². The standard InChI is InChI=1S/C16H20ClN3O2S2/c1-2-13-5-3-4-10-20(13)15-8-6-12(11-18-15)19-24(21,22)16-9-7-14(17)23-16/h6-9,11,13,19H,2-5,10H2,1H3. The summed E-state index contributed by atoms with van der Waals surface area (Å²) in [6, 6.07) is 7.23. The second-order valence-electron chi connectivity index (χ2n) is 5.82. The van der Waals surface area contributed by atoms with Crippen LogP contribution in [0.1, 0.15) is 32.6 Å². The fraction of sp³-hybridized carbons (Fsp3) is 0.438. The van der Waals surface area contributed by atoms with E-state index in [1.807, 2.05) is 6.07 Å². The van der Waals surface area contributed by atoms with Crippen LogP contribution in [0.5, 0.6) is 0 Å². The Morgan fingerprint density at radius 3 is 2.79 bits per heavy atom. The van der Waals surface area contributed by atoms with Crippen LogP contribution >= 0.6 is 22.9 Å². The Kier molecular flexibility index (Phi) is 5.32. The van der Waals surface area contributed by atoms with Gasteiger partial charge in [0.15, 0.2) is 0 Å². The maximum absolute atomic E-state index is 12.3. The van der Waals surface area contributed by atoms with Crippen molar-refractivity contribution in [3.05, 3.63) is 34.8 Å². The summed E-state index contributed by atoms with van der Waals surface area (Å²) in [5, 5.41) is 0. The fourth-order valence-corrected chi connectivity index (χ4v) is 5.52. The summed E-state index contributed by atoms with van der Waals surface area (Å²) in [7, 11) is -3.62. The lowest BCUT2D eigenvalue weighted by molar-refractivity contribution is 0.447. The largest absolute Gasteiger partial charge is 0.354 e. The molecule has 1 N–H and O–H groups in total. The van der Waals surface area contributed by atoms with Gasteiger partial charge in [-0.2, -0.15) is 0 Å². The molecule has 0 bridgehead atoms. The van der Waals surface area contributed by atoms with E-state index in [4.69, 9.17) is 11.6 Å². The van der Waals surface area contributed by atoms with Crippen LogP contribution in [0.3, 0.4) is 0 Å². The van der Waals surface area contributed by atoms with Gasteiger partial charge in [0.05, 0.1) is 16.2 Å². The van der Waals surface area contributed by atoms with Crippen LogP contribution in [0.15, 0.2) is 34.7 Å². The van der Waals surface area contributed by atoms with Crippen LogP contribution in [-0.4, -0.2) is 26.0 Å². The van der Waals surface area contributed by atoms with Gasteiger partial charge in [-0.05, 0) is 49.9 Å². The predicted octanol–water partition coefficient (Wildman–Crippen LogP) is 4.37. The van der Waals surface area contributed by atoms with E-state index in [2.05, 4.69) is 21.5 Å². The van der Waals surface area contributed by atoms with Gasteiger partial charge in [0, 0.05) is 12.6 Å². The second kappa shape index (κ2) is 7.29. The average molecular weight is 386 g/mol.